The molecule has 8 nitrogen and oxygen atoms in total. The third kappa shape index (κ3) is 2.95. The van der Waals surface area contributed by atoms with Crippen molar-refractivity contribution in [3.05, 3.63) is 46.6 Å². The number of rotatable bonds is 5. The zero-order valence-electron chi connectivity index (χ0n) is 11.6. The minimum absolute atomic E-state index is 0.0269. The second kappa shape index (κ2) is 5.43. The van der Waals surface area contributed by atoms with E-state index >= 15 is 0 Å². The van der Waals surface area contributed by atoms with Crippen molar-refractivity contribution in [2.24, 2.45) is 0 Å². The summed E-state index contributed by atoms with van der Waals surface area (Å²) in [7, 11) is -3.69. The van der Waals surface area contributed by atoms with Gasteiger partial charge in [-0.05, 0) is 12.1 Å². The van der Waals surface area contributed by atoms with Crippen molar-refractivity contribution in [3.8, 4) is 0 Å². The fourth-order valence-electron chi connectivity index (χ4n) is 2.01. The van der Waals surface area contributed by atoms with Crippen LogP contribution in [0.1, 0.15) is 11.6 Å². The van der Waals surface area contributed by atoms with Gasteiger partial charge in [0.1, 0.15) is 6.26 Å². The standard InChI is InChI=1S/C13H13N3O5S/c1-8-15-9(7-20-8)4-5-14-22(18,19)10-2-3-11-12(6-10)21-13(17)16-11/h2-3,6-7,14H,4-5H2,1H3,(H,16,17). The van der Waals surface area contributed by atoms with Gasteiger partial charge in [0.25, 0.3) is 0 Å². The first-order valence-corrected chi connectivity index (χ1v) is 7.96. The molecule has 116 valence electrons. The number of oxazole rings is 2. The Labute approximate surface area is 125 Å². The van der Waals surface area contributed by atoms with Crippen LogP contribution >= 0.6 is 0 Å². The summed E-state index contributed by atoms with van der Waals surface area (Å²) in [4.78, 5) is 17.6. The van der Waals surface area contributed by atoms with E-state index in [-0.39, 0.29) is 17.0 Å². The van der Waals surface area contributed by atoms with E-state index in [2.05, 4.69) is 14.7 Å². The molecule has 2 N–H and O–H groups in total. The summed E-state index contributed by atoms with van der Waals surface area (Å²) in [5.41, 5.74) is 1.31. The van der Waals surface area contributed by atoms with E-state index < -0.39 is 15.8 Å². The lowest BCUT2D eigenvalue weighted by molar-refractivity contribution is 0.520. The number of hydrogen-bond donors (Lipinski definition) is 2. The molecule has 0 fully saturated rings. The van der Waals surface area contributed by atoms with Crippen LogP contribution in [0.4, 0.5) is 0 Å². The molecule has 0 aliphatic carbocycles. The highest BCUT2D eigenvalue weighted by Gasteiger charge is 2.15. The summed E-state index contributed by atoms with van der Waals surface area (Å²) in [6.45, 7) is 1.90. The van der Waals surface area contributed by atoms with Gasteiger partial charge in [0.15, 0.2) is 11.5 Å². The molecule has 3 rings (SSSR count). The van der Waals surface area contributed by atoms with Crippen LogP contribution in [0, 0.1) is 6.92 Å². The van der Waals surface area contributed by atoms with Crippen molar-refractivity contribution < 1.29 is 17.3 Å². The van der Waals surface area contributed by atoms with Gasteiger partial charge in [-0.1, -0.05) is 0 Å². The molecule has 0 aliphatic rings. The van der Waals surface area contributed by atoms with E-state index in [1.54, 1.807) is 6.92 Å². The Morgan fingerprint density at radius 2 is 2.18 bits per heavy atom. The summed E-state index contributed by atoms with van der Waals surface area (Å²) in [6.07, 6.45) is 1.90. The number of benzene rings is 1. The molecule has 0 amide bonds. The fourth-order valence-corrected chi connectivity index (χ4v) is 3.06. The highest BCUT2D eigenvalue weighted by molar-refractivity contribution is 7.89. The Morgan fingerprint density at radius 3 is 2.91 bits per heavy atom. The number of aromatic nitrogens is 2. The van der Waals surface area contributed by atoms with Crippen molar-refractivity contribution in [1.29, 1.82) is 0 Å². The topological polar surface area (TPSA) is 118 Å². The molecule has 0 saturated carbocycles. The summed E-state index contributed by atoms with van der Waals surface area (Å²) in [6, 6.07) is 4.18. The van der Waals surface area contributed by atoms with Gasteiger partial charge >= 0.3 is 5.76 Å². The summed E-state index contributed by atoms with van der Waals surface area (Å²) < 4.78 is 36.8. The summed E-state index contributed by atoms with van der Waals surface area (Å²) >= 11 is 0. The fraction of sp³-hybridized carbons (Fsp3) is 0.231. The number of sulfonamides is 1. The third-order valence-corrected chi connectivity index (χ3v) is 4.50. The van der Waals surface area contributed by atoms with E-state index in [1.807, 2.05) is 0 Å². The van der Waals surface area contributed by atoms with Crippen LogP contribution in [0.2, 0.25) is 0 Å². The number of H-pyrrole nitrogens is 1. The first-order chi connectivity index (χ1) is 10.4. The van der Waals surface area contributed by atoms with Gasteiger partial charge in [0, 0.05) is 26.0 Å². The second-order valence-corrected chi connectivity index (χ2v) is 6.45. The van der Waals surface area contributed by atoms with E-state index in [9.17, 15) is 13.2 Å². The number of nitrogens with zero attached hydrogens (tertiary/aromatic N) is 1. The average Bonchev–Trinajstić information content (AvgIpc) is 3.02. The smallest absolute Gasteiger partial charge is 0.417 e. The van der Waals surface area contributed by atoms with Crippen LogP contribution < -0.4 is 10.5 Å². The van der Waals surface area contributed by atoms with Gasteiger partial charge in [-0.3, -0.25) is 4.98 Å². The Hall–Kier alpha value is -2.39. The second-order valence-electron chi connectivity index (χ2n) is 4.68. The zero-order valence-corrected chi connectivity index (χ0v) is 12.4. The van der Waals surface area contributed by atoms with Gasteiger partial charge in [0.05, 0.1) is 16.1 Å². The predicted molar refractivity (Wildman–Crippen MR) is 77.0 cm³/mol. The van der Waals surface area contributed by atoms with E-state index in [1.165, 1.54) is 24.5 Å². The Morgan fingerprint density at radius 1 is 1.36 bits per heavy atom. The molecule has 22 heavy (non-hydrogen) atoms. The average molecular weight is 323 g/mol. The quantitative estimate of drug-likeness (QED) is 0.721. The number of nitrogens with one attached hydrogen (secondary N) is 2. The normalized spacial score (nSPS) is 12.0. The molecule has 1 aromatic carbocycles. The molecule has 0 aliphatic heterocycles. The van der Waals surface area contributed by atoms with E-state index in [0.717, 1.165) is 0 Å². The van der Waals surface area contributed by atoms with Crippen LogP contribution in [0.25, 0.3) is 11.1 Å². The maximum absolute atomic E-state index is 12.2. The molecule has 0 spiro atoms. The highest BCUT2D eigenvalue weighted by atomic mass is 32.2. The monoisotopic (exact) mass is 323 g/mol. The number of hydrogen-bond acceptors (Lipinski definition) is 6. The summed E-state index contributed by atoms with van der Waals surface area (Å²) in [5, 5.41) is 0. The molecule has 0 unspecified atom stereocenters. The van der Waals surface area contributed by atoms with Crippen molar-refractivity contribution in [3.63, 3.8) is 0 Å². The SMILES string of the molecule is Cc1nc(CCNS(=O)(=O)c2ccc3[nH]c(=O)oc3c2)co1. The van der Waals surface area contributed by atoms with E-state index in [0.29, 0.717) is 23.5 Å². The Kier molecular flexibility index (Phi) is 3.59. The van der Waals surface area contributed by atoms with Crippen molar-refractivity contribution in [1.82, 2.24) is 14.7 Å². The number of fused-ring (bicyclic) bond motifs is 1. The Bertz CT molecular complexity index is 967. The van der Waals surface area contributed by atoms with Crippen LogP contribution in [0.15, 0.2) is 43.0 Å². The largest absolute Gasteiger partial charge is 0.449 e. The first kappa shape index (κ1) is 14.5. The first-order valence-electron chi connectivity index (χ1n) is 6.47. The van der Waals surface area contributed by atoms with Gasteiger partial charge in [-0.25, -0.2) is 22.9 Å². The molecule has 2 heterocycles. The maximum atomic E-state index is 12.2. The van der Waals surface area contributed by atoms with Crippen molar-refractivity contribution >= 4 is 21.1 Å². The zero-order chi connectivity index (χ0) is 15.7. The third-order valence-electron chi connectivity index (χ3n) is 3.04. The van der Waals surface area contributed by atoms with Crippen molar-refractivity contribution in [2.45, 2.75) is 18.2 Å². The van der Waals surface area contributed by atoms with Gasteiger partial charge < -0.3 is 8.83 Å². The van der Waals surface area contributed by atoms with Crippen LogP contribution in [0.5, 0.6) is 0 Å². The lowest BCUT2D eigenvalue weighted by atomic mass is 10.3. The highest BCUT2D eigenvalue weighted by Crippen LogP contribution is 2.16. The summed E-state index contributed by atoms with van der Waals surface area (Å²) in [5.74, 6) is -0.0929. The van der Waals surface area contributed by atoms with E-state index in [4.69, 9.17) is 8.83 Å². The van der Waals surface area contributed by atoms with Crippen LogP contribution in [0.3, 0.4) is 0 Å². The molecule has 0 bridgehead atoms. The number of aryl methyl sites for hydroxylation is 1. The van der Waals surface area contributed by atoms with Crippen LogP contribution in [-0.2, 0) is 16.4 Å². The lowest BCUT2D eigenvalue weighted by Gasteiger charge is -2.05. The Balaban J connectivity index is 1.74. The van der Waals surface area contributed by atoms with Gasteiger partial charge in [-0.15, -0.1) is 0 Å². The molecule has 0 radical (unpaired) electrons. The van der Waals surface area contributed by atoms with Crippen LogP contribution in [-0.4, -0.2) is 24.9 Å². The van der Waals surface area contributed by atoms with Gasteiger partial charge in [0.2, 0.25) is 10.0 Å². The molecule has 0 atom stereocenters. The molecular weight excluding hydrogens is 310 g/mol. The number of aromatic amines is 1. The molecule has 3 aromatic rings. The minimum Gasteiger partial charge on any atom is -0.449 e. The minimum atomic E-state index is -3.69. The molecule has 0 saturated heterocycles. The molecule has 9 heteroatoms. The maximum Gasteiger partial charge on any atom is 0.417 e. The predicted octanol–water partition coefficient (Wildman–Crippen LogP) is 0.939. The molecular formula is C13H13N3O5S. The molecule has 2 aromatic heterocycles. The lowest BCUT2D eigenvalue weighted by Crippen LogP contribution is -2.26. The van der Waals surface area contributed by atoms with Crippen molar-refractivity contribution in [2.75, 3.05) is 6.54 Å². The van der Waals surface area contributed by atoms with Gasteiger partial charge in [-0.2, -0.15) is 0 Å².